The molecule has 0 spiro atoms. The number of hydrogen-bond donors (Lipinski definition) is 0. The molecule has 58 valence electrons. The molecule has 1 aromatic rings. The maximum absolute atomic E-state index is 11.3. The third-order valence-corrected chi connectivity index (χ3v) is 1.36. The Balaban J connectivity index is 0.00000121. The summed E-state index contributed by atoms with van der Waals surface area (Å²) in [6.07, 6.45) is 0. The van der Waals surface area contributed by atoms with E-state index < -0.39 is 0 Å². The SMILES string of the molecule is CN(C)C(=O)c1c[c-]ccc1.[K+]. The molecule has 1 aromatic carbocycles. The molecule has 0 fully saturated rings. The average molecular weight is 187 g/mol. The monoisotopic (exact) mass is 187 g/mol. The van der Waals surface area contributed by atoms with E-state index in [1.165, 1.54) is 0 Å². The van der Waals surface area contributed by atoms with Crippen LogP contribution in [0.5, 0.6) is 0 Å². The van der Waals surface area contributed by atoms with Gasteiger partial charge >= 0.3 is 51.4 Å². The van der Waals surface area contributed by atoms with Crippen molar-refractivity contribution in [3.63, 3.8) is 0 Å². The number of rotatable bonds is 1. The zero-order chi connectivity index (χ0) is 8.27. The van der Waals surface area contributed by atoms with Crippen molar-refractivity contribution >= 4 is 5.91 Å². The number of carbonyl (C=O) groups excluding carboxylic acids is 1. The Hall–Kier alpha value is 0.326. The number of amides is 1. The molecule has 0 aliphatic heterocycles. The predicted molar refractivity (Wildman–Crippen MR) is 43.3 cm³/mol. The molecule has 0 atom stereocenters. The van der Waals surface area contributed by atoms with Crippen LogP contribution in [0.25, 0.3) is 0 Å². The molecule has 0 aromatic heterocycles. The third kappa shape index (κ3) is 3.37. The Kier molecular flexibility index (Phi) is 6.04. The van der Waals surface area contributed by atoms with Crippen molar-refractivity contribution in [1.29, 1.82) is 0 Å². The average Bonchev–Trinajstić information content (AvgIpc) is 2.05. The second-order valence-electron chi connectivity index (χ2n) is 2.49. The van der Waals surface area contributed by atoms with Gasteiger partial charge in [-0.05, 0) is 0 Å². The molecular formula is C9H10KNO. The number of nitrogens with zero attached hydrogens (tertiary/aromatic N) is 1. The zero-order valence-electron chi connectivity index (χ0n) is 7.66. The standard InChI is InChI=1S/C9H10NO.K/c1-10(2)9(11)8-6-4-3-5-7-8;/h3-4,6-7H,1-2H3;/q-1;+1. The Morgan fingerprint density at radius 1 is 1.50 bits per heavy atom. The van der Waals surface area contributed by atoms with Crippen LogP contribution in [0.1, 0.15) is 10.4 Å². The number of carbonyl (C=O) groups is 1. The molecule has 2 nitrogen and oxygen atoms in total. The Morgan fingerprint density at radius 3 is 2.58 bits per heavy atom. The molecule has 0 radical (unpaired) electrons. The summed E-state index contributed by atoms with van der Waals surface area (Å²) in [5.41, 5.74) is 0.678. The van der Waals surface area contributed by atoms with Crippen molar-refractivity contribution in [1.82, 2.24) is 4.90 Å². The summed E-state index contributed by atoms with van der Waals surface area (Å²) in [7, 11) is 3.46. The molecule has 0 unspecified atom stereocenters. The van der Waals surface area contributed by atoms with Gasteiger partial charge in [0.1, 0.15) is 0 Å². The second kappa shape index (κ2) is 5.88. The van der Waals surface area contributed by atoms with E-state index in [9.17, 15) is 4.79 Å². The van der Waals surface area contributed by atoms with Crippen LogP contribution < -0.4 is 51.4 Å². The normalized spacial score (nSPS) is 8.50. The van der Waals surface area contributed by atoms with E-state index in [4.69, 9.17) is 0 Å². The van der Waals surface area contributed by atoms with E-state index in [2.05, 4.69) is 6.07 Å². The zero-order valence-corrected chi connectivity index (χ0v) is 10.8. The topological polar surface area (TPSA) is 20.3 Å². The van der Waals surface area contributed by atoms with Gasteiger partial charge in [-0.25, -0.2) is 0 Å². The van der Waals surface area contributed by atoms with E-state index in [-0.39, 0.29) is 57.3 Å². The maximum atomic E-state index is 11.3. The summed E-state index contributed by atoms with van der Waals surface area (Å²) < 4.78 is 0. The summed E-state index contributed by atoms with van der Waals surface area (Å²) >= 11 is 0. The first-order chi connectivity index (χ1) is 5.22. The van der Waals surface area contributed by atoms with Crippen molar-refractivity contribution in [3.05, 3.63) is 35.9 Å². The first kappa shape index (κ1) is 12.3. The first-order valence-corrected chi connectivity index (χ1v) is 3.39. The molecule has 1 rings (SSSR count). The maximum Gasteiger partial charge on any atom is 1.00 e. The molecule has 3 heteroatoms. The van der Waals surface area contributed by atoms with Crippen molar-refractivity contribution in [2.45, 2.75) is 0 Å². The molecule has 0 saturated carbocycles. The molecule has 0 bridgehead atoms. The molecular weight excluding hydrogens is 177 g/mol. The molecule has 12 heavy (non-hydrogen) atoms. The summed E-state index contributed by atoms with van der Waals surface area (Å²) in [5.74, 6) is 0.0156. The molecule has 0 saturated heterocycles. The minimum absolute atomic E-state index is 0. The van der Waals surface area contributed by atoms with Crippen molar-refractivity contribution in [3.8, 4) is 0 Å². The molecule has 0 aliphatic rings. The smallest absolute Gasteiger partial charge is 0.355 e. The summed E-state index contributed by atoms with van der Waals surface area (Å²) in [6.45, 7) is 0. The summed E-state index contributed by atoms with van der Waals surface area (Å²) in [6, 6.07) is 9.88. The van der Waals surface area contributed by atoms with Gasteiger partial charge in [0.05, 0.1) is 0 Å². The molecule has 0 aliphatic carbocycles. The fourth-order valence-electron chi connectivity index (χ4n) is 0.785. The van der Waals surface area contributed by atoms with Crippen molar-refractivity contribution < 1.29 is 56.2 Å². The van der Waals surface area contributed by atoms with Crippen LogP contribution >= 0.6 is 0 Å². The Labute approximate surface area is 115 Å². The van der Waals surface area contributed by atoms with Crippen molar-refractivity contribution in [2.24, 2.45) is 0 Å². The van der Waals surface area contributed by atoms with Gasteiger partial charge in [-0.3, -0.25) is 4.79 Å². The second-order valence-corrected chi connectivity index (χ2v) is 2.49. The van der Waals surface area contributed by atoms with Gasteiger partial charge in [0.2, 0.25) is 0 Å². The van der Waals surface area contributed by atoms with E-state index in [0.717, 1.165) is 0 Å². The summed E-state index contributed by atoms with van der Waals surface area (Å²) in [4.78, 5) is 12.8. The molecule has 1 amide bonds. The van der Waals surface area contributed by atoms with Crippen LogP contribution in [0, 0.1) is 6.07 Å². The van der Waals surface area contributed by atoms with Crippen LogP contribution in [0.3, 0.4) is 0 Å². The van der Waals surface area contributed by atoms with E-state index in [0.29, 0.717) is 5.56 Å². The van der Waals surface area contributed by atoms with E-state index >= 15 is 0 Å². The molecule has 0 heterocycles. The third-order valence-electron chi connectivity index (χ3n) is 1.36. The minimum atomic E-state index is 0. The minimum Gasteiger partial charge on any atom is -0.355 e. The van der Waals surface area contributed by atoms with Crippen molar-refractivity contribution in [2.75, 3.05) is 14.1 Å². The summed E-state index contributed by atoms with van der Waals surface area (Å²) in [5, 5.41) is 0. The van der Waals surface area contributed by atoms with Crippen LogP contribution in [0.2, 0.25) is 0 Å². The van der Waals surface area contributed by atoms with E-state index in [1.54, 1.807) is 43.3 Å². The fraction of sp³-hybridized carbons (Fsp3) is 0.222. The first-order valence-electron chi connectivity index (χ1n) is 3.39. The van der Waals surface area contributed by atoms with Gasteiger partial charge in [-0.2, -0.15) is 30.3 Å². The van der Waals surface area contributed by atoms with Crippen LogP contribution in [-0.2, 0) is 0 Å². The molecule has 0 N–H and O–H groups in total. The van der Waals surface area contributed by atoms with Gasteiger partial charge in [0.25, 0.3) is 0 Å². The van der Waals surface area contributed by atoms with Gasteiger partial charge < -0.3 is 4.90 Å². The van der Waals surface area contributed by atoms with Gasteiger partial charge in [0, 0.05) is 14.1 Å². The number of hydrogen-bond acceptors (Lipinski definition) is 1. The van der Waals surface area contributed by atoms with Gasteiger partial charge in [-0.15, -0.1) is 0 Å². The van der Waals surface area contributed by atoms with Crippen LogP contribution in [0.4, 0.5) is 0 Å². The van der Waals surface area contributed by atoms with Gasteiger partial charge in [-0.1, -0.05) is 5.56 Å². The van der Waals surface area contributed by atoms with E-state index in [1.807, 2.05) is 0 Å². The largest absolute Gasteiger partial charge is 1.00 e. The number of benzene rings is 1. The Bertz CT molecular complexity index is 246. The van der Waals surface area contributed by atoms with Crippen LogP contribution in [-0.4, -0.2) is 24.9 Å². The van der Waals surface area contributed by atoms with Gasteiger partial charge in [0.15, 0.2) is 5.91 Å². The Morgan fingerprint density at radius 2 is 2.17 bits per heavy atom. The fourth-order valence-corrected chi connectivity index (χ4v) is 0.785. The quantitative estimate of drug-likeness (QED) is 0.375. The predicted octanol–water partition coefficient (Wildman–Crippen LogP) is -1.81. The van der Waals surface area contributed by atoms with Crippen LogP contribution in [0.15, 0.2) is 24.3 Å².